The Morgan fingerprint density at radius 3 is 2.79 bits per heavy atom. The molecular formula is C9H16N4O. The van der Waals surface area contributed by atoms with Gasteiger partial charge in [-0.1, -0.05) is 0 Å². The summed E-state index contributed by atoms with van der Waals surface area (Å²) >= 11 is 0. The lowest BCUT2D eigenvalue weighted by Gasteiger charge is -2.17. The van der Waals surface area contributed by atoms with Gasteiger partial charge in [-0.25, -0.2) is 4.98 Å². The van der Waals surface area contributed by atoms with Crippen LogP contribution in [0.15, 0.2) is 17.2 Å². The van der Waals surface area contributed by atoms with Crippen molar-refractivity contribution in [3.8, 4) is 0 Å². The van der Waals surface area contributed by atoms with Crippen molar-refractivity contribution in [3.63, 3.8) is 0 Å². The minimum absolute atomic E-state index is 0.0256. The van der Waals surface area contributed by atoms with Crippen LogP contribution in [0.2, 0.25) is 0 Å². The molecule has 0 saturated carbocycles. The largest absolute Gasteiger partial charge is 0.361 e. The SMILES string of the molecule is CC(N)C(C)Nc1nccn(C)c1=O. The highest BCUT2D eigenvalue weighted by atomic mass is 16.1. The average Bonchev–Trinajstić information content (AvgIpc) is 2.12. The molecule has 3 N–H and O–H groups in total. The first-order valence-corrected chi connectivity index (χ1v) is 4.56. The standard InChI is InChI=1S/C9H16N4O/c1-6(10)7(2)12-8-9(14)13(3)5-4-11-8/h4-7H,10H2,1-3H3,(H,11,12). The molecule has 0 aliphatic carbocycles. The van der Waals surface area contributed by atoms with Gasteiger partial charge in [0.2, 0.25) is 0 Å². The predicted molar refractivity (Wildman–Crippen MR) is 56.2 cm³/mol. The van der Waals surface area contributed by atoms with Crippen molar-refractivity contribution in [1.82, 2.24) is 9.55 Å². The summed E-state index contributed by atoms with van der Waals surface area (Å²) in [6.45, 7) is 3.80. The van der Waals surface area contributed by atoms with Crippen molar-refractivity contribution in [2.24, 2.45) is 12.8 Å². The fourth-order valence-electron chi connectivity index (χ4n) is 0.944. The zero-order chi connectivity index (χ0) is 10.7. The Balaban J connectivity index is 2.87. The molecule has 1 aromatic heterocycles. The first kappa shape index (κ1) is 10.7. The lowest BCUT2D eigenvalue weighted by Crippen LogP contribution is -2.37. The Morgan fingerprint density at radius 1 is 1.57 bits per heavy atom. The van der Waals surface area contributed by atoms with Crippen LogP contribution < -0.4 is 16.6 Å². The number of aromatic nitrogens is 2. The first-order chi connectivity index (χ1) is 6.52. The fourth-order valence-corrected chi connectivity index (χ4v) is 0.944. The third-order valence-electron chi connectivity index (χ3n) is 2.17. The highest BCUT2D eigenvalue weighted by Gasteiger charge is 2.10. The molecule has 0 aliphatic rings. The lowest BCUT2D eigenvalue weighted by atomic mass is 10.2. The van der Waals surface area contributed by atoms with Crippen molar-refractivity contribution in [2.45, 2.75) is 25.9 Å². The van der Waals surface area contributed by atoms with E-state index in [1.165, 1.54) is 4.57 Å². The van der Waals surface area contributed by atoms with Gasteiger partial charge in [0.25, 0.3) is 5.56 Å². The van der Waals surface area contributed by atoms with Crippen molar-refractivity contribution in [1.29, 1.82) is 0 Å². The molecule has 14 heavy (non-hydrogen) atoms. The van der Waals surface area contributed by atoms with Crippen LogP contribution in [-0.4, -0.2) is 21.6 Å². The van der Waals surface area contributed by atoms with Gasteiger partial charge in [0.1, 0.15) is 0 Å². The highest BCUT2D eigenvalue weighted by Crippen LogP contribution is 1.98. The Kier molecular flexibility index (Phi) is 3.24. The van der Waals surface area contributed by atoms with E-state index in [2.05, 4.69) is 10.3 Å². The zero-order valence-electron chi connectivity index (χ0n) is 8.69. The molecule has 0 fully saturated rings. The Labute approximate surface area is 83.0 Å². The summed E-state index contributed by atoms with van der Waals surface area (Å²) < 4.78 is 1.48. The molecule has 0 aliphatic heterocycles. The van der Waals surface area contributed by atoms with Crippen LogP contribution in [0.3, 0.4) is 0 Å². The van der Waals surface area contributed by atoms with E-state index in [4.69, 9.17) is 5.73 Å². The molecule has 0 aromatic carbocycles. The molecule has 0 spiro atoms. The van der Waals surface area contributed by atoms with Crippen LogP contribution in [0.5, 0.6) is 0 Å². The molecule has 1 rings (SSSR count). The van der Waals surface area contributed by atoms with Crippen molar-refractivity contribution >= 4 is 5.82 Å². The quantitative estimate of drug-likeness (QED) is 0.709. The van der Waals surface area contributed by atoms with Gasteiger partial charge < -0.3 is 15.6 Å². The molecule has 78 valence electrons. The summed E-state index contributed by atoms with van der Waals surface area (Å²) in [6, 6.07) is -0.000637. The normalized spacial score (nSPS) is 14.9. The molecule has 5 nitrogen and oxygen atoms in total. The maximum absolute atomic E-state index is 11.5. The van der Waals surface area contributed by atoms with Gasteiger partial charge in [-0.3, -0.25) is 4.79 Å². The zero-order valence-corrected chi connectivity index (χ0v) is 8.69. The van der Waals surface area contributed by atoms with E-state index in [1.54, 1.807) is 19.4 Å². The third kappa shape index (κ3) is 2.32. The number of anilines is 1. The summed E-state index contributed by atoms with van der Waals surface area (Å²) in [6.07, 6.45) is 3.20. The fraction of sp³-hybridized carbons (Fsp3) is 0.556. The molecule has 0 bridgehead atoms. The number of hydrogen-bond donors (Lipinski definition) is 2. The number of nitrogens with one attached hydrogen (secondary N) is 1. The van der Waals surface area contributed by atoms with E-state index in [-0.39, 0.29) is 17.6 Å². The van der Waals surface area contributed by atoms with E-state index in [0.29, 0.717) is 5.82 Å². The van der Waals surface area contributed by atoms with Crippen LogP contribution in [0, 0.1) is 0 Å². The molecule has 1 aromatic rings. The van der Waals surface area contributed by atoms with E-state index in [9.17, 15) is 4.79 Å². The molecule has 2 atom stereocenters. The summed E-state index contributed by atoms with van der Waals surface area (Å²) in [5.41, 5.74) is 5.53. The topological polar surface area (TPSA) is 72.9 Å². The number of nitrogens with two attached hydrogens (primary N) is 1. The predicted octanol–water partition coefficient (Wildman–Crippen LogP) is -0.0721. The molecule has 5 heteroatoms. The minimum Gasteiger partial charge on any atom is -0.361 e. The summed E-state index contributed by atoms with van der Waals surface area (Å²) in [4.78, 5) is 15.5. The molecular weight excluding hydrogens is 180 g/mol. The Hall–Kier alpha value is -1.36. The number of hydrogen-bond acceptors (Lipinski definition) is 4. The maximum atomic E-state index is 11.5. The second kappa shape index (κ2) is 4.23. The second-order valence-corrected chi connectivity index (χ2v) is 3.48. The highest BCUT2D eigenvalue weighted by molar-refractivity contribution is 5.32. The first-order valence-electron chi connectivity index (χ1n) is 4.56. The monoisotopic (exact) mass is 196 g/mol. The molecule has 0 saturated heterocycles. The van der Waals surface area contributed by atoms with E-state index in [1.807, 2.05) is 13.8 Å². The van der Waals surface area contributed by atoms with Gasteiger partial charge in [0.15, 0.2) is 5.82 Å². The van der Waals surface area contributed by atoms with E-state index >= 15 is 0 Å². The number of aryl methyl sites for hydroxylation is 1. The van der Waals surface area contributed by atoms with Crippen LogP contribution in [0.1, 0.15) is 13.8 Å². The second-order valence-electron chi connectivity index (χ2n) is 3.48. The van der Waals surface area contributed by atoms with Gasteiger partial charge in [-0.05, 0) is 13.8 Å². The molecule has 0 amide bonds. The van der Waals surface area contributed by atoms with Crippen molar-refractivity contribution in [2.75, 3.05) is 5.32 Å². The molecule has 2 unspecified atom stereocenters. The third-order valence-corrected chi connectivity index (χ3v) is 2.17. The maximum Gasteiger partial charge on any atom is 0.293 e. The summed E-state index contributed by atoms with van der Waals surface area (Å²) in [7, 11) is 1.69. The Morgan fingerprint density at radius 2 is 2.21 bits per heavy atom. The van der Waals surface area contributed by atoms with Gasteiger partial charge in [0, 0.05) is 31.5 Å². The molecule has 1 heterocycles. The smallest absolute Gasteiger partial charge is 0.293 e. The summed E-state index contributed by atoms with van der Waals surface area (Å²) in [5, 5.41) is 2.98. The Bertz CT molecular complexity index is 358. The summed E-state index contributed by atoms with van der Waals surface area (Å²) in [5.74, 6) is 0.347. The van der Waals surface area contributed by atoms with Gasteiger partial charge >= 0.3 is 0 Å². The number of nitrogens with zero attached hydrogens (tertiary/aromatic N) is 2. The van der Waals surface area contributed by atoms with Crippen LogP contribution in [0.4, 0.5) is 5.82 Å². The van der Waals surface area contributed by atoms with Gasteiger partial charge in [-0.15, -0.1) is 0 Å². The average molecular weight is 196 g/mol. The van der Waals surface area contributed by atoms with Crippen LogP contribution >= 0.6 is 0 Å². The molecule has 0 radical (unpaired) electrons. The van der Waals surface area contributed by atoms with Gasteiger partial charge in [0.05, 0.1) is 0 Å². The minimum atomic E-state index is -0.139. The number of rotatable bonds is 3. The van der Waals surface area contributed by atoms with Crippen molar-refractivity contribution < 1.29 is 0 Å². The lowest BCUT2D eigenvalue weighted by molar-refractivity contribution is 0.633. The van der Waals surface area contributed by atoms with E-state index < -0.39 is 0 Å². The van der Waals surface area contributed by atoms with Crippen LogP contribution in [-0.2, 0) is 7.05 Å². The van der Waals surface area contributed by atoms with Gasteiger partial charge in [-0.2, -0.15) is 0 Å². The van der Waals surface area contributed by atoms with E-state index in [0.717, 1.165) is 0 Å². The van der Waals surface area contributed by atoms with Crippen LogP contribution in [0.25, 0.3) is 0 Å². The van der Waals surface area contributed by atoms with Crippen molar-refractivity contribution in [3.05, 3.63) is 22.7 Å².